The highest BCUT2D eigenvalue weighted by Crippen LogP contribution is 2.37. The zero-order valence-electron chi connectivity index (χ0n) is 24.1. The number of hydrogen-bond donors (Lipinski definition) is 1. The molecule has 3 aromatic carbocycles. The maximum atomic E-state index is 11.8. The smallest absolute Gasteiger partial charge is 0.232 e. The van der Waals surface area contributed by atoms with E-state index in [4.69, 9.17) is 30.5 Å². The van der Waals surface area contributed by atoms with Gasteiger partial charge in [0, 0.05) is 6.92 Å². The number of benzene rings is 3. The molecule has 1 fully saturated rings. The Hall–Kier alpha value is -4.19. The number of nitrogens with zero attached hydrogens (tertiary/aromatic N) is 4. The van der Waals surface area contributed by atoms with Crippen LogP contribution in [0.2, 0.25) is 5.15 Å². The van der Waals surface area contributed by atoms with E-state index in [9.17, 15) is 4.79 Å². The van der Waals surface area contributed by atoms with Gasteiger partial charge in [-0.1, -0.05) is 103 Å². The molecule has 1 aliphatic rings. The molecule has 11 heteroatoms. The van der Waals surface area contributed by atoms with E-state index in [1.165, 1.54) is 6.92 Å². The number of hydrogen-bond acceptors (Lipinski definition) is 8. The van der Waals surface area contributed by atoms with Crippen molar-refractivity contribution in [2.45, 2.75) is 51.3 Å². The lowest BCUT2D eigenvalue weighted by Gasteiger charge is -2.25. The van der Waals surface area contributed by atoms with Gasteiger partial charge in [0.1, 0.15) is 23.8 Å². The topological polar surface area (TPSA) is 110 Å². The van der Waals surface area contributed by atoms with Gasteiger partial charge in [-0.3, -0.25) is 14.7 Å². The van der Waals surface area contributed by atoms with Gasteiger partial charge in [0.15, 0.2) is 17.0 Å². The molecule has 0 aliphatic carbocycles. The number of nitrogens with one attached hydrogen (secondary N) is 1. The monoisotopic (exact) mass is 613 g/mol. The summed E-state index contributed by atoms with van der Waals surface area (Å²) in [6.07, 6.45) is -0.694. The SMILES string of the molecule is CC(=O)Nc1nc(Cl)c2ncn([C@H]3O[C@H](COCc4ccccc4)[C@@H](OCc4ccccc4)[C@@H]3OCc3ccccc3)c2n1. The number of halogens is 1. The van der Waals surface area contributed by atoms with Gasteiger partial charge in [-0.2, -0.15) is 9.97 Å². The Morgan fingerprint density at radius 3 is 2.00 bits per heavy atom. The molecule has 44 heavy (non-hydrogen) atoms. The van der Waals surface area contributed by atoms with Crippen molar-refractivity contribution in [3.8, 4) is 0 Å². The van der Waals surface area contributed by atoms with Crippen LogP contribution in [0.15, 0.2) is 97.3 Å². The number of amides is 1. The van der Waals surface area contributed by atoms with Crippen molar-refractivity contribution in [3.05, 3.63) is 119 Å². The first-order valence-corrected chi connectivity index (χ1v) is 14.7. The number of carbonyl (C=O) groups excluding carboxylic acids is 1. The molecule has 0 bridgehead atoms. The first-order valence-electron chi connectivity index (χ1n) is 14.3. The van der Waals surface area contributed by atoms with Crippen molar-refractivity contribution in [2.75, 3.05) is 11.9 Å². The predicted octanol–water partition coefficient (Wildman–Crippen LogP) is 5.72. The highest BCUT2D eigenvalue weighted by Gasteiger charge is 2.48. The number of imidazole rings is 1. The Kier molecular flexibility index (Phi) is 9.55. The average molecular weight is 614 g/mol. The number of aromatic nitrogens is 4. The van der Waals surface area contributed by atoms with Crippen LogP contribution in [0, 0.1) is 0 Å². The molecule has 0 radical (unpaired) electrons. The lowest BCUT2D eigenvalue weighted by atomic mass is 10.1. The third-order valence-corrected chi connectivity index (χ3v) is 7.45. The van der Waals surface area contributed by atoms with E-state index in [0.29, 0.717) is 31.0 Å². The summed E-state index contributed by atoms with van der Waals surface area (Å²) in [4.78, 5) is 24.9. The molecule has 6 rings (SSSR count). The molecule has 5 aromatic rings. The number of carbonyl (C=O) groups is 1. The molecule has 0 unspecified atom stereocenters. The summed E-state index contributed by atoms with van der Waals surface area (Å²) in [5.41, 5.74) is 3.84. The zero-order valence-corrected chi connectivity index (χ0v) is 24.8. The Morgan fingerprint density at radius 2 is 1.41 bits per heavy atom. The van der Waals surface area contributed by atoms with Crippen molar-refractivity contribution >= 4 is 34.6 Å². The van der Waals surface area contributed by atoms with Crippen LogP contribution in [0.4, 0.5) is 5.95 Å². The Labute approximate surface area is 259 Å². The van der Waals surface area contributed by atoms with Crippen LogP contribution in [0.25, 0.3) is 11.2 Å². The Bertz CT molecular complexity index is 1670. The fraction of sp³-hybridized carbons (Fsp3) is 0.273. The van der Waals surface area contributed by atoms with Crippen LogP contribution < -0.4 is 5.32 Å². The van der Waals surface area contributed by atoms with E-state index < -0.39 is 24.5 Å². The number of fused-ring (bicyclic) bond motifs is 1. The molecule has 10 nitrogen and oxygen atoms in total. The Balaban J connectivity index is 1.33. The minimum Gasteiger partial charge on any atom is -0.374 e. The van der Waals surface area contributed by atoms with E-state index in [1.54, 1.807) is 10.9 Å². The molecule has 226 valence electrons. The van der Waals surface area contributed by atoms with E-state index >= 15 is 0 Å². The fourth-order valence-corrected chi connectivity index (χ4v) is 5.34. The van der Waals surface area contributed by atoms with Crippen molar-refractivity contribution < 1.29 is 23.7 Å². The molecule has 2 aromatic heterocycles. The third-order valence-electron chi connectivity index (χ3n) is 7.19. The van der Waals surface area contributed by atoms with Gasteiger partial charge in [-0.15, -0.1) is 0 Å². The fourth-order valence-electron chi connectivity index (χ4n) is 5.13. The minimum absolute atomic E-state index is 0.0659. The first kappa shape index (κ1) is 29.9. The summed E-state index contributed by atoms with van der Waals surface area (Å²) in [7, 11) is 0. The predicted molar refractivity (Wildman–Crippen MR) is 165 cm³/mol. The second kappa shape index (κ2) is 14.1. The molecule has 1 aliphatic heterocycles. The summed E-state index contributed by atoms with van der Waals surface area (Å²) < 4.78 is 27.7. The highest BCUT2D eigenvalue weighted by molar-refractivity contribution is 6.33. The summed E-state index contributed by atoms with van der Waals surface area (Å²) >= 11 is 6.45. The molecule has 1 saturated heterocycles. The lowest BCUT2D eigenvalue weighted by molar-refractivity contribution is -0.114. The molecule has 0 spiro atoms. The van der Waals surface area contributed by atoms with Gasteiger partial charge in [0.05, 0.1) is 32.8 Å². The van der Waals surface area contributed by atoms with Crippen molar-refractivity contribution in [2.24, 2.45) is 0 Å². The summed E-state index contributed by atoms with van der Waals surface area (Å²) in [6.45, 7) is 2.74. The van der Waals surface area contributed by atoms with Gasteiger partial charge < -0.3 is 18.9 Å². The van der Waals surface area contributed by atoms with E-state index in [2.05, 4.69) is 20.3 Å². The largest absolute Gasteiger partial charge is 0.374 e. The summed E-state index contributed by atoms with van der Waals surface area (Å²) in [5, 5.41) is 2.71. The quantitative estimate of drug-likeness (QED) is 0.178. The molecular formula is C33H32ClN5O5. The Morgan fingerprint density at radius 1 is 0.841 bits per heavy atom. The molecule has 3 heterocycles. The van der Waals surface area contributed by atoms with Crippen LogP contribution in [0.3, 0.4) is 0 Å². The second-order valence-corrected chi connectivity index (χ2v) is 10.8. The molecule has 1 amide bonds. The van der Waals surface area contributed by atoms with Gasteiger partial charge in [0.2, 0.25) is 11.9 Å². The second-order valence-electron chi connectivity index (χ2n) is 10.4. The van der Waals surface area contributed by atoms with Crippen molar-refractivity contribution in [3.63, 3.8) is 0 Å². The van der Waals surface area contributed by atoms with Crippen molar-refractivity contribution in [1.82, 2.24) is 19.5 Å². The molecule has 1 N–H and O–H groups in total. The molecule has 0 saturated carbocycles. The standard InChI is InChI=1S/C33H32ClN5O5/c1-22(40)36-33-37-30(34)27-31(38-33)39(21-35-27)32-29(43-19-25-15-9-4-10-16-25)28(42-18-24-13-7-3-8-14-24)26(44-32)20-41-17-23-11-5-2-6-12-23/h2-16,21,26,28-29,32H,17-20H2,1H3,(H,36,37,38,40)/t26-,28-,29+,32+/m1/s1. The van der Waals surface area contributed by atoms with Crippen molar-refractivity contribution in [1.29, 1.82) is 0 Å². The average Bonchev–Trinajstić information content (AvgIpc) is 3.61. The van der Waals surface area contributed by atoms with Crippen LogP contribution in [-0.4, -0.2) is 50.3 Å². The summed E-state index contributed by atoms with van der Waals surface area (Å²) in [5.74, 6) is -0.256. The summed E-state index contributed by atoms with van der Waals surface area (Å²) in [6, 6.07) is 29.8. The molecule has 4 atom stereocenters. The lowest BCUT2D eigenvalue weighted by Crippen LogP contribution is -2.38. The van der Waals surface area contributed by atoms with Crippen LogP contribution >= 0.6 is 11.6 Å². The number of ether oxygens (including phenoxy) is 4. The van der Waals surface area contributed by atoms with E-state index in [0.717, 1.165) is 16.7 Å². The third kappa shape index (κ3) is 7.12. The normalized spacial score (nSPS) is 19.8. The molecular weight excluding hydrogens is 582 g/mol. The zero-order chi connectivity index (χ0) is 30.3. The van der Waals surface area contributed by atoms with Crippen LogP contribution in [-0.2, 0) is 43.6 Å². The van der Waals surface area contributed by atoms with Crippen LogP contribution in [0.1, 0.15) is 29.8 Å². The van der Waals surface area contributed by atoms with Gasteiger partial charge in [-0.25, -0.2) is 4.98 Å². The maximum Gasteiger partial charge on any atom is 0.232 e. The highest BCUT2D eigenvalue weighted by atomic mass is 35.5. The number of rotatable bonds is 12. The van der Waals surface area contributed by atoms with Crippen LogP contribution in [0.5, 0.6) is 0 Å². The van der Waals surface area contributed by atoms with E-state index in [1.807, 2.05) is 91.0 Å². The van der Waals surface area contributed by atoms with Gasteiger partial charge in [0.25, 0.3) is 0 Å². The first-order chi connectivity index (χ1) is 21.5. The number of anilines is 1. The maximum absolute atomic E-state index is 11.8. The van der Waals surface area contributed by atoms with Gasteiger partial charge in [-0.05, 0) is 16.7 Å². The van der Waals surface area contributed by atoms with E-state index in [-0.39, 0.29) is 23.6 Å². The minimum atomic E-state index is -0.703. The van der Waals surface area contributed by atoms with Gasteiger partial charge >= 0.3 is 0 Å².